The van der Waals surface area contributed by atoms with Gasteiger partial charge in [-0.05, 0) is 46.6 Å². The van der Waals surface area contributed by atoms with Crippen LogP contribution in [-0.2, 0) is 13.0 Å². The van der Waals surface area contributed by atoms with Crippen molar-refractivity contribution < 1.29 is 5.11 Å². The summed E-state index contributed by atoms with van der Waals surface area (Å²) in [5.41, 5.74) is 1.83. The van der Waals surface area contributed by atoms with Gasteiger partial charge in [0.1, 0.15) is 11.6 Å². The fourth-order valence-corrected chi connectivity index (χ4v) is 3.47. The largest absolute Gasteiger partial charge is 0.390 e. The van der Waals surface area contributed by atoms with Crippen LogP contribution in [0.2, 0.25) is 0 Å². The van der Waals surface area contributed by atoms with Gasteiger partial charge in [0.15, 0.2) is 0 Å². The van der Waals surface area contributed by atoms with Gasteiger partial charge in [0.2, 0.25) is 0 Å². The summed E-state index contributed by atoms with van der Waals surface area (Å²) in [6, 6.07) is 0. The van der Waals surface area contributed by atoms with Crippen molar-refractivity contribution in [2.75, 3.05) is 24.5 Å². The van der Waals surface area contributed by atoms with Gasteiger partial charge in [-0.2, -0.15) is 0 Å². The van der Waals surface area contributed by atoms with E-state index in [4.69, 9.17) is 4.98 Å². The van der Waals surface area contributed by atoms with Gasteiger partial charge in [-0.15, -0.1) is 0 Å². The molecule has 0 bridgehead atoms. The van der Waals surface area contributed by atoms with Crippen molar-refractivity contribution in [1.29, 1.82) is 0 Å². The van der Waals surface area contributed by atoms with Crippen LogP contribution in [-0.4, -0.2) is 40.3 Å². The van der Waals surface area contributed by atoms with Gasteiger partial charge in [0.05, 0.1) is 11.3 Å². The van der Waals surface area contributed by atoms with E-state index in [0.29, 0.717) is 5.92 Å². The molecule has 0 aromatic carbocycles. The Morgan fingerprint density at radius 1 is 1.33 bits per heavy atom. The lowest BCUT2D eigenvalue weighted by molar-refractivity contribution is 0.0109. The fourth-order valence-electron chi connectivity index (χ4n) is 3.47. The van der Waals surface area contributed by atoms with Gasteiger partial charge < -0.3 is 15.3 Å². The topological polar surface area (TPSA) is 61.3 Å². The zero-order valence-electron chi connectivity index (χ0n) is 13.3. The summed E-state index contributed by atoms with van der Waals surface area (Å²) in [5, 5.41) is 13.7. The first-order valence-electron chi connectivity index (χ1n) is 7.99. The summed E-state index contributed by atoms with van der Waals surface area (Å²) in [5.74, 6) is 2.25. The molecule has 3 heterocycles. The molecule has 0 spiro atoms. The summed E-state index contributed by atoms with van der Waals surface area (Å²) in [7, 11) is 0. The predicted molar refractivity (Wildman–Crippen MR) is 83.4 cm³/mol. The number of piperidine rings is 1. The van der Waals surface area contributed by atoms with Gasteiger partial charge in [0, 0.05) is 31.1 Å². The molecule has 1 fully saturated rings. The van der Waals surface area contributed by atoms with Crippen molar-refractivity contribution in [2.24, 2.45) is 5.92 Å². The minimum atomic E-state index is -0.623. The highest BCUT2D eigenvalue weighted by Crippen LogP contribution is 2.32. The molecule has 1 aromatic rings. The molecule has 1 saturated heterocycles. The minimum absolute atomic E-state index is 0.305. The highest BCUT2D eigenvalue weighted by Gasteiger charge is 2.33. The van der Waals surface area contributed by atoms with E-state index in [-0.39, 0.29) is 0 Å². The molecule has 5 nitrogen and oxygen atoms in total. The normalized spacial score (nSPS) is 23.0. The molecular weight excluding hydrogens is 264 g/mol. The number of aliphatic hydroxyl groups is 1. The van der Waals surface area contributed by atoms with E-state index in [0.717, 1.165) is 62.8 Å². The van der Waals surface area contributed by atoms with Crippen molar-refractivity contribution in [2.45, 2.75) is 52.2 Å². The van der Waals surface area contributed by atoms with Crippen LogP contribution in [0.3, 0.4) is 0 Å². The van der Waals surface area contributed by atoms with Crippen LogP contribution in [0, 0.1) is 12.8 Å². The molecule has 0 aliphatic carbocycles. The van der Waals surface area contributed by atoms with E-state index in [1.165, 1.54) is 5.56 Å². The fraction of sp³-hybridized carbons (Fsp3) is 0.750. The van der Waals surface area contributed by atoms with Gasteiger partial charge in [-0.3, -0.25) is 0 Å². The molecule has 3 rings (SSSR count). The van der Waals surface area contributed by atoms with Crippen molar-refractivity contribution in [3.05, 3.63) is 17.1 Å². The summed E-state index contributed by atoms with van der Waals surface area (Å²) in [6.45, 7) is 9.57. The van der Waals surface area contributed by atoms with E-state index in [1.54, 1.807) is 0 Å². The van der Waals surface area contributed by atoms with Crippen LogP contribution < -0.4 is 10.2 Å². The SMILES string of the molecule is Cc1nc2c(c(N3CCCC(C(C)(C)O)C3)n1)CCNC2. The number of nitrogens with one attached hydrogen (secondary N) is 1. The molecule has 1 unspecified atom stereocenters. The quantitative estimate of drug-likeness (QED) is 0.862. The molecule has 21 heavy (non-hydrogen) atoms. The maximum absolute atomic E-state index is 10.3. The highest BCUT2D eigenvalue weighted by atomic mass is 16.3. The Kier molecular flexibility index (Phi) is 3.88. The highest BCUT2D eigenvalue weighted by molar-refractivity contribution is 5.50. The molecule has 116 valence electrons. The molecule has 1 aromatic heterocycles. The number of hydrogen-bond acceptors (Lipinski definition) is 5. The second kappa shape index (κ2) is 5.54. The van der Waals surface area contributed by atoms with Crippen LogP contribution >= 0.6 is 0 Å². The van der Waals surface area contributed by atoms with Crippen molar-refractivity contribution in [1.82, 2.24) is 15.3 Å². The van der Waals surface area contributed by atoms with Crippen LogP contribution in [0.15, 0.2) is 0 Å². The van der Waals surface area contributed by atoms with Crippen LogP contribution in [0.1, 0.15) is 43.8 Å². The Bertz CT molecular complexity index is 524. The Labute approximate surface area is 126 Å². The second-order valence-corrected chi connectivity index (χ2v) is 6.89. The minimum Gasteiger partial charge on any atom is -0.390 e. The second-order valence-electron chi connectivity index (χ2n) is 6.89. The molecule has 0 saturated carbocycles. The standard InChI is InChI=1S/C16H26N4O/c1-11-18-14-9-17-7-6-13(14)15(19-11)20-8-4-5-12(10-20)16(2,3)21/h12,17,21H,4-10H2,1-3H3. The maximum atomic E-state index is 10.3. The molecule has 0 radical (unpaired) electrons. The average Bonchev–Trinajstić information content (AvgIpc) is 2.45. The third kappa shape index (κ3) is 3.04. The number of aryl methyl sites for hydroxylation is 1. The van der Waals surface area contributed by atoms with E-state index in [1.807, 2.05) is 20.8 Å². The van der Waals surface area contributed by atoms with E-state index in [9.17, 15) is 5.11 Å². The number of aromatic nitrogens is 2. The summed E-state index contributed by atoms with van der Waals surface area (Å²) < 4.78 is 0. The van der Waals surface area contributed by atoms with Gasteiger partial charge in [-0.25, -0.2) is 9.97 Å². The smallest absolute Gasteiger partial charge is 0.135 e. The lowest BCUT2D eigenvalue weighted by Crippen LogP contribution is -2.45. The number of nitrogens with zero attached hydrogens (tertiary/aromatic N) is 3. The molecule has 2 aliphatic heterocycles. The van der Waals surface area contributed by atoms with Crippen LogP contribution in [0.4, 0.5) is 5.82 Å². The van der Waals surface area contributed by atoms with Gasteiger partial charge in [0.25, 0.3) is 0 Å². The Hall–Kier alpha value is -1.20. The number of anilines is 1. The molecule has 2 N–H and O–H groups in total. The van der Waals surface area contributed by atoms with Crippen LogP contribution in [0.5, 0.6) is 0 Å². The molecule has 2 aliphatic rings. The maximum Gasteiger partial charge on any atom is 0.135 e. The number of hydrogen-bond donors (Lipinski definition) is 2. The monoisotopic (exact) mass is 290 g/mol. The van der Waals surface area contributed by atoms with Gasteiger partial charge >= 0.3 is 0 Å². The van der Waals surface area contributed by atoms with E-state index in [2.05, 4.69) is 15.2 Å². The number of fused-ring (bicyclic) bond motifs is 1. The first-order valence-corrected chi connectivity index (χ1v) is 7.99. The zero-order valence-corrected chi connectivity index (χ0v) is 13.3. The average molecular weight is 290 g/mol. The van der Waals surface area contributed by atoms with Crippen molar-refractivity contribution in [3.8, 4) is 0 Å². The lowest BCUT2D eigenvalue weighted by atomic mass is 9.84. The third-order valence-electron chi connectivity index (χ3n) is 4.75. The first kappa shape index (κ1) is 14.7. The lowest BCUT2D eigenvalue weighted by Gasteiger charge is -2.40. The molecule has 5 heteroatoms. The molecular formula is C16H26N4O. The summed E-state index contributed by atoms with van der Waals surface area (Å²) >= 11 is 0. The van der Waals surface area contributed by atoms with E-state index >= 15 is 0 Å². The molecule has 0 amide bonds. The van der Waals surface area contributed by atoms with Crippen LogP contribution in [0.25, 0.3) is 0 Å². The van der Waals surface area contributed by atoms with Crippen molar-refractivity contribution in [3.63, 3.8) is 0 Å². The van der Waals surface area contributed by atoms with E-state index < -0.39 is 5.60 Å². The van der Waals surface area contributed by atoms with Crippen molar-refractivity contribution >= 4 is 5.82 Å². The predicted octanol–water partition coefficient (Wildman–Crippen LogP) is 1.42. The zero-order chi connectivity index (χ0) is 15.0. The summed E-state index contributed by atoms with van der Waals surface area (Å²) in [4.78, 5) is 11.7. The molecule has 1 atom stereocenters. The Morgan fingerprint density at radius 2 is 2.14 bits per heavy atom. The third-order valence-corrected chi connectivity index (χ3v) is 4.75. The number of rotatable bonds is 2. The summed E-state index contributed by atoms with van der Waals surface area (Å²) in [6.07, 6.45) is 3.20. The Balaban J connectivity index is 1.91. The first-order chi connectivity index (χ1) is 9.95. The Morgan fingerprint density at radius 3 is 2.90 bits per heavy atom. The van der Waals surface area contributed by atoms with Gasteiger partial charge in [-0.1, -0.05) is 0 Å².